The number of hydrogen-bond acceptors (Lipinski definition) is 4. The number of aliphatic imine (C=N–C) groups is 1. The maximum absolute atomic E-state index is 12.1. The van der Waals surface area contributed by atoms with Gasteiger partial charge in [-0.15, -0.1) is 35.3 Å². The van der Waals surface area contributed by atoms with E-state index in [4.69, 9.17) is 0 Å². The van der Waals surface area contributed by atoms with E-state index in [1.807, 2.05) is 19.1 Å². The van der Waals surface area contributed by atoms with E-state index >= 15 is 0 Å². The zero-order valence-electron chi connectivity index (χ0n) is 16.6. The van der Waals surface area contributed by atoms with Crippen LogP contribution in [0.25, 0.3) is 0 Å². The molecule has 2 N–H and O–H groups in total. The fourth-order valence-corrected chi connectivity index (χ4v) is 3.31. The van der Waals surface area contributed by atoms with E-state index in [-0.39, 0.29) is 30.6 Å². The van der Waals surface area contributed by atoms with E-state index in [0.29, 0.717) is 18.1 Å². The highest BCUT2D eigenvalue weighted by molar-refractivity contribution is 14.0. The number of aryl methyl sites for hydroxylation is 2. The zero-order chi connectivity index (χ0) is 20.6. The Bertz CT molecular complexity index is 759. The van der Waals surface area contributed by atoms with Crippen LogP contribution in [0.1, 0.15) is 26.7 Å². The van der Waals surface area contributed by atoms with Gasteiger partial charge in [0.15, 0.2) is 5.96 Å². The van der Waals surface area contributed by atoms with Crippen molar-refractivity contribution in [2.75, 3.05) is 20.2 Å². The van der Waals surface area contributed by atoms with Crippen molar-refractivity contribution in [3.63, 3.8) is 0 Å². The molecule has 1 heterocycles. The average Bonchev–Trinajstić information content (AvgIpc) is 2.95. The third-order valence-corrected chi connectivity index (χ3v) is 5.08. The van der Waals surface area contributed by atoms with E-state index < -0.39 is 12.8 Å². The number of guanidine groups is 1. The first-order valence-electron chi connectivity index (χ1n) is 8.86. The molecule has 0 unspecified atom stereocenters. The molecule has 2 rings (SSSR count). The van der Waals surface area contributed by atoms with Crippen molar-refractivity contribution in [3.05, 3.63) is 51.0 Å². The van der Waals surface area contributed by atoms with E-state index in [0.717, 1.165) is 29.2 Å². The highest BCUT2D eigenvalue weighted by atomic mass is 127. The first-order chi connectivity index (χ1) is 13.3. The quantitative estimate of drug-likeness (QED) is 0.296. The molecule has 0 saturated heterocycles. The summed E-state index contributed by atoms with van der Waals surface area (Å²) >= 11 is 1.71. The summed E-state index contributed by atoms with van der Waals surface area (Å²) in [6.07, 6.45) is -3.48. The molecule has 0 fully saturated rings. The van der Waals surface area contributed by atoms with Crippen LogP contribution in [0.3, 0.4) is 0 Å². The van der Waals surface area contributed by atoms with Crippen LogP contribution in [-0.4, -0.2) is 37.3 Å². The average molecular weight is 542 g/mol. The zero-order valence-corrected chi connectivity index (χ0v) is 19.7. The van der Waals surface area contributed by atoms with Gasteiger partial charge in [0.25, 0.3) is 0 Å². The van der Waals surface area contributed by atoms with Crippen LogP contribution in [-0.2, 0) is 24.3 Å². The minimum absolute atomic E-state index is 0. The number of ether oxygens (including phenoxy) is 1. The lowest BCUT2D eigenvalue weighted by Crippen LogP contribution is -2.37. The van der Waals surface area contributed by atoms with Crippen molar-refractivity contribution >= 4 is 41.3 Å². The van der Waals surface area contributed by atoms with Gasteiger partial charge in [-0.3, -0.25) is 4.99 Å². The van der Waals surface area contributed by atoms with Gasteiger partial charge >= 0.3 is 6.18 Å². The van der Waals surface area contributed by atoms with Gasteiger partial charge in [0.05, 0.1) is 17.3 Å². The normalized spacial score (nSPS) is 11.9. The van der Waals surface area contributed by atoms with Gasteiger partial charge < -0.3 is 15.4 Å². The molecule has 0 aliphatic rings. The summed E-state index contributed by atoms with van der Waals surface area (Å²) in [4.78, 5) is 9.94. The number of nitrogens with zero attached hydrogens (tertiary/aromatic N) is 2. The smallest absolute Gasteiger partial charge is 0.367 e. The molecule has 5 nitrogen and oxygen atoms in total. The number of halogens is 4. The second-order valence-electron chi connectivity index (χ2n) is 6.28. The Labute approximate surface area is 190 Å². The molecule has 0 spiro atoms. The number of aromatic nitrogens is 1. The molecule has 1 aromatic carbocycles. The SMILES string of the molecule is CN=C(NCCc1nc(C)c(C)s1)NCc1ccc(COCC(F)(F)F)cc1.I. The Hall–Kier alpha value is -1.40. The maximum Gasteiger partial charge on any atom is 0.411 e. The van der Waals surface area contributed by atoms with E-state index in [9.17, 15) is 13.2 Å². The van der Waals surface area contributed by atoms with Crippen LogP contribution in [0.5, 0.6) is 0 Å². The van der Waals surface area contributed by atoms with Crippen molar-refractivity contribution in [2.45, 2.75) is 39.6 Å². The van der Waals surface area contributed by atoms with Crippen LogP contribution in [0.4, 0.5) is 13.2 Å². The Morgan fingerprint density at radius 2 is 1.79 bits per heavy atom. The molecule has 1 aromatic heterocycles. The molecule has 0 amide bonds. The predicted octanol–water partition coefficient (Wildman–Crippen LogP) is 4.36. The number of nitrogens with one attached hydrogen (secondary N) is 2. The first-order valence-corrected chi connectivity index (χ1v) is 9.68. The molecule has 2 aromatic rings. The molecule has 0 radical (unpaired) electrons. The number of thiazole rings is 1. The summed E-state index contributed by atoms with van der Waals surface area (Å²) in [5.41, 5.74) is 2.77. The summed E-state index contributed by atoms with van der Waals surface area (Å²) in [6, 6.07) is 7.23. The van der Waals surface area contributed by atoms with E-state index in [1.165, 1.54) is 4.88 Å². The Kier molecular flexibility index (Phi) is 10.9. The lowest BCUT2D eigenvalue weighted by molar-refractivity contribution is -0.176. The predicted molar refractivity (Wildman–Crippen MR) is 121 cm³/mol. The highest BCUT2D eigenvalue weighted by Gasteiger charge is 2.27. The van der Waals surface area contributed by atoms with E-state index in [2.05, 4.69) is 32.3 Å². The second kappa shape index (κ2) is 12.3. The van der Waals surface area contributed by atoms with Crippen molar-refractivity contribution in [2.24, 2.45) is 4.99 Å². The second-order valence-corrected chi connectivity index (χ2v) is 7.56. The number of hydrogen-bond donors (Lipinski definition) is 2. The number of alkyl halides is 3. The summed E-state index contributed by atoms with van der Waals surface area (Å²) in [7, 11) is 1.70. The van der Waals surface area contributed by atoms with Crippen LogP contribution >= 0.6 is 35.3 Å². The van der Waals surface area contributed by atoms with Crippen LogP contribution in [0.15, 0.2) is 29.3 Å². The maximum atomic E-state index is 12.1. The molecular formula is C19H26F3IN4OS. The Morgan fingerprint density at radius 3 is 2.34 bits per heavy atom. The van der Waals surface area contributed by atoms with Crippen LogP contribution in [0, 0.1) is 13.8 Å². The van der Waals surface area contributed by atoms with Crippen LogP contribution < -0.4 is 10.6 Å². The van der Waals surface area contributed by atoms with Gasteiger partial charge in [0.2, 0.25) is 0 Å². The molecule has 0 aliphatic carbocycles. The van der Waals surface area contributed by atoms with Crippen molar-refractivity contribution in [1.29, 1.82) is 0 Å². The summed E-state index contributed by atoms with van der Waals surface area (Å²) in [5.74, 6) is 0.683. The summed E-state index contributed by atoms with van der Waals surface area (Å²) in [5, 5.41) is 7.56. The third kappa shape index (κ3) is 9.77. The van der Waals surface area contributed by atoms with Gasteiger partial charge in [-0.2, -0.15) is 13.2 Å². The van der Waals surface area contributed by atoms with Crippen molar-refractivity contribution < 1.29 is 17.9 Å². The van der Waals surface area contributed by atoms with Gasteiger partial charge in [0, 0.05) is 31.4 Å². The molecule has 10 heteroatoms. The topological polar surface area (TPSA) is 58.5 Å². The molecular weight excluding hydrogens is 516 g/mol. The number of benzene rings is 1. The lowest BCUT2D eigenvalue weighted by atomic mass is 10.1. The first kappa shape index (κ1) is 25.6. The largest absolute Gasteiger partial charge is 0.411 e. The fourth-order valence-electron chi connectivity index (χ4n) is 2.38. The molecule has 0 saturated carbocycles. The van der Waals surface area contributed by atoms with Crippen molar-refractivity contribution in [1.82, 2.24) is 15.6 Å². The van der Waals surface area contributed by atoms with Crippen molar-refractivity contribution in [3.8, 4) is 0 Å². The Morgan fingerprint density at radius 1 is 1.14 bits per heavy atom. The molecule has 162 valence electrons. The minimum Gasteiger partial charge on any atom is -0.367 e. The standard InChI is InChI=1S/C19H25F3N4OS.HI/c1-13-14(2)28-17(26-13)8-9-24-18(23-3)25-10-15-4-6-16(7-5-15)11-27-12-19(20,21)22;/h4-7H,8-12H2,1-3H3,(H2,23,24,25);1H. The van der Waals surface area contributed by atoms with Gasteiger partial charge in [0.1, 0.15) is 6.61 Å². The van der Waals surface area contributed by atoms with Gasteiger partial charge in [-0.05, 0) is 25.0 Å². The van der Waals surface area contributed by atoms with Crippen LogP contribution in [0.2, 0.25) is 0 Å². The highest BCUT2D eigenvalue weighted by Crippen LogP contribution is 2.17. The fraction of sp³-hybridized carbons (Fsp3) is 0.474. The third-order valence-electron chi connectivity index (χ3n) is 3.95. The van der Waals surface area contributed by atoms with Gasteiger partial charge in [-0.1, -0.05) is 24.3 Å². The number of rotatable bonds is 8. The van der Waals surface area contributed by atoms with Gasteiger partial charge in [-0.25, -0.2) is 4.98 Å². The molecule has 29 heavy (non-hydrogen) atoms. The molecule has 0 aliphatic heterocycles. The lowest BCUT2D eigenvalue weighted by Gasteiger charge is -2.12. The minimum atomic E-state index is -4.30. The Balaban J connectivity index is 0.00000420. The summed E-state index contributed by atoms with van der Waals surface area (Å²) < 4.78 is 40.9. The van der Waals surface area contributed by atoms with E-state index in [1.54, 1.807) is 30.5 Å². The molecule has 0 atom stereocenters. The molecule has 0 bridgehead atoms. The summed E-state index contributed by atoms with van der Waals surface area (Å²) in [6.45, 7) is 4.06. The monoisotopic (exact) mass is 542 g/mol.